The van der Waals surface area contributed by atoms with E-state index in [0.717, 1.165) is 0 Å². The van der Waals surface area contributed by atoms with Crippen molar-refractivity contribution in [2.45, 2.75) is 53.4 Å². The molecule has 0 saturated heterocycles. The minimum absolute atomic E-state index is 0.136. The topological polar surface area (TPSA) is 109 Å². The molecular formula is C36H30O6. The highest BCUT2D eigenvalue weighted by molar-refractivity contribution is 6.33. The second-order valence-electron chi connectivity index (χ2n) is 10.7. The van der Waals surface area contributed by atoms with Crippen LogP contribution in [0.15, 0.2) is 70.8 Å². The van der Waals surface area contributed by atoms with Gasteiger partial charge in [-0.15, -0.1) is 0 Å². The highest BCUT2D eigenvalue weighted by Gasteiger charge is 2.34. The molecule has 0 aromatic heterocycles. The van der Waals surface area contributed by atoms with Crippen LogP contribution in [0.2, 0.25) is 0 Å². The van der Waals surface area contributed by atoms with Crippen LogP contribution in [0.3, 0.4) is 0 Å². The molecule has 0 aliphatic heterocycles. The number of allylic oxidation sites excluding steroid dienone is 4. The maximum atomic E-state index is 13.7. The monoisotopic (exact) mass is 558 g/mol. The molecular weight excluding hydrogens is 528 g/mol. The molecule has 6 nitrogen and oxygen atoms in total. The summed E-state index contributed by atoms with van der Waals surface area (Å²) < 4.78 is 0. The largest absolute Gasteiger partial charge is 0.507 e. The molecule has 6 rings (SSSR count). The Morgan fingerprint density at radius 3 is 1.02 bits per heavy atom. The first-order chi connectivity index (χ1) is 20.2. The number of aromatic hydroxyl groups is 2. The molecule has 42 heavy (non-hydrogen) atoms. The van der Waals surface area contributed by atoms with Gasteiger partial charge in [-0.1, -0.05) is 39.8 Å². The van der Waals surface area contributed by atoms with Crippen LogP contribution < -0.4 is 0 Å². The van der Waals surface area contributed by atoms with Gasteiger partial charge in [-0.3, -0.25) is 19.2 Å². The van der Waals surface area contributed by atoms with Crippen molar-refractivity contribution in [1.82, 2.24) is 0 Å². The number of ketones is 4. The highest BCUT2D eigenvalue weighted by atomic mass is 16.3. The number of carbonyl (C=O) groups is 4. The van der Waals surface area contributed by atoms with Gasteiger partial charge >= 0.3 is 0 Å². The summed E-state index contributed by atoms with van der Waals surface area (Å²) in [6.07, 6.45) is 1.75. The minimum Gasteiger partial charge on any atom is -0.507 e. The molecule has 0 amide bonds. The lowest BCUT2D eigenvalue weighted by molar-refractivity contribution is 0.0971. The number of fused-ring (bicyclic) bond motifs is 6. The molecule has 2 N–H and O–H groups in total. The summed E-state index contributed by atoms with van der Waals surface area (Å²) in [5, 5.41) is 24.4. The van der Waals surface area contributed by atoms with E-state index in [1.165, 1.54) is 12.1 Å². The van der Waals surface area contributed by atoms with E-state index in [9.17, 15) is 29.4 Å². The number of rotatable bonds is 5. The number of hydrogen-bond donors (Lipinski definition) is 2. The van der Waals surface area contributed by atoms with Crippen LogP contribution in [0.1, 0.15) is 94.8 Å². The zero-order valence-corrected chi connectivity index (χ0v) is 24.0. The van der Waals surface area contributed by atoms with Gasteiger partial charge in [0, 0.05) is 55.7 Å². The number of phenols is 2. The fourth-order valence-corrected chi connectivity index (χ4v) is 6.85. The van der Waals surface area contributed by atoms with Crippen molar-refractivity contribution in [2.75, 3.05) is 0 Å². The third-order valence-corrected chi connectivity index (χ3v) is 8.79. The number of phenolic OH excluding ortho intramolecular Hbond substituents is 2. The lowest BCUT2D eigenvalue weighted by atomic mass is 9.78. The van der Waals surface area contributed by atoms with E-state index in [1.54, 1.807) is 36.4 Å². The number of carbonyl (C=O) groups excluding carboxylic acids is 4. The molecule has 2 aliphatic rings. The van der Waals surface area contributed by atoms with E-state index >= 15 is 0 Å². The van der Waals surface area contributed by atoms with Crippen molar-refractivity contribution in [3.8, 4) is 22.6 Å². The zero-order chi connectivity index (χ0) is 30.0. The van der Waals surface area contributed by atoms with Crippen molar-refractivity contribution >= 4 is 44.7 Å². The highest BCUT2D eigenvalue weighted by Crippen LogP contribution is 2.48. The molecule has 0 unspecified atom stereocenters. The average molecular weight is 559 g/mol. The van der Waals surface area contributed by atoms with Gasteiger partial charge in [-0.05, 0) is 83.6 Å². The Hall–Kier alpha value is -4.84. The van der Waals surface area contributed by atoms with Gasteiger partial charge in [0.15, 0.2) is 23.1 Å². The first kappa shape index (κ1) is 27.3. The fraction of sp³-hybridized carbons (Fsp3) is 0.222. The minimum atomic E-state index is -0.211. The molecule has 0 bridgehead atoms. The Bertz CT molecular complexity index is 1860. The average Bonchev–Trinajstić information content (AvgIpc) is 2.99. The number of benzene rings is 4. The number of hydrogen-bond acceptors (Lipinski definition) is 6. The van der Waals surface area contributed by atoms with Crippen LogP contribution in [0.4, 0.5) is 0 Å². The molecule has 4 aromatic carbocycles. The van der Waals surface area contributed by atoms with Crippen molar-refractivity contribution in [2.24, 2.45) is 0 Å². The lowest BCUT2D eigenvalue weighted by Gasteiger charge is -2.24. The first-order valence-electron chi connectivity index (χ1n) is 14.4. The standard InChI is InChI=1S/C36H30O6/c1-5-17-19(7-3)35(41)29-21-13-15-27(37)31(23(21)9-11-25(29)33(17)39)32-24-10-12-26-30(22(24)14-16-28(32)38)36(42)20(8-4)18(6-2)34(26)40/h9-16,37-38H,5-8H2,1-4H3. The summed E-state index contributed by atoms with van der Waals surface area (Å²) in [4.78, 5) is 54.2. The van der Waals surface area contributed by atoms with Gasteiger partial charge < -0.3 is 10.2 Å². The first-order valence-corrected chi connectivity index (χ1v) is 14.4. The van der Waals surface area contributed by atoms with Gasteiger partial charge in [-0.2, -0.15) is 0 Å². The Balaban J connectivity index is 1.67. The van der Waals surface area contributed by atoms with E-state index < -0.39 is 0 Å². The molecule has 0 spiro atoms. The Labute approximate surface area is 243 Å². The molecule has 0 fully saturated rings. The van der Waals surface area contributed by atoms with Gasteiger partial charge in [0.05, 0.1) is 0 Å². The van der Waals surface area contributed by atoms with Crippen LogP contribution in [0.25, 0.3) is 32.7 Å². The van der Waals surface area contributed by atoms with Gasteiger partial charge in [0.2, 0.25) is 0 Å². The van der Waals surface area contributed by atoms with Crippen LogP contribution in [-0.4, -0.2) is 33.3 Å². The van der Waals surface area contributed by atoms with Crippen molar-refractivity contribution < 1.29 is 29.4 Å². The third kappa shape index (κ3) is 3.57. The summed E-state index contributed by atoms with van der Waals surface area (Å²) in [5.74, 6) is -1.04. The van der Waals surface area contributed by atoms with Gasteiger partial charge in [0.1, 0.15) is 11.5 Å². The molecule has 0 radical (unpaired) electrons. The van der Waals surface area contributed by atoms with Crippen LogP contribution in [0, 0.1) is 0 Å². The Morgan fingerprint density at radius 2 is 0.690 bits per heavy atom. The maximum absolute atomic E-state index is 13.7. The van der Waals surface area contributed by atoms with Crippen LogP contribution in [0.5, 0.6) is 11.5 Å². The Morgan fingerprint density at radius 1 is 0.405 bits per heavy atom. The van der Waals surface area contributed by atoms with Crippen molar-refractivity contribution in [3.05, 3.63) is 93.1 Å². The molecule has 4 aromatic rings. The maximum Gasteiger partial charge on any atom is 0.190 e. The molecule has 0 saturated carbocycles. The van der Waals surface area contributed by atoms with E-state index in [0.29, 0.717) is 80.6 Å². The molecule has 0 atom stereocenters. The lowest BCUT2D eigenvalue weighted by Crippen LogP contribution is -2.22. The normalized spacial score (nSPS) is 15.2. The summed E-state index contributed by atoms with van der Waals surface area (Å²) in [5.41, 5.74) is 3.80. The molecule has 2 aliphatic carbocycles. The van der Waals surface area contributed by atoms with E-state index in [-0.39, 0.29) is 56.9 Å². The fourth-order valence-electron chi connectivity index (χ4n) is 6.85. The molecule has 210 valence electrons. The smallest absolute Gasteiger partial charge is 0.190 e. The predicted octanol–water partition coefficient (Wildman–Crippen LogP) is 8.06. The van der Waals surface area contributed by atoms with E-state index in [4.69, 9.17) is 0 Å². The number of Topliss-reactive ketones (excluding diaryl/α,β-unsaturated/α-hetero) is 4. The van der Waals surface area contributed by atoms with Crippen molar-refractivity contribution in [3.63, 3.8) is 0 Å². The molecule has 6 heteroatoms. The van der Waals surface area contributed by atoms with Crippen LogP contribution in [-0.2, 0) is 0 Å². The SMILES string of the molecule is CCC1=C(CC)C(=O)c2c(ccc3c(-c4c(O)ccc5c6c(ccc45)C(=O)C(CC)=C(CC)C6=O)c(O)ccc23)C1=O. The van der Waals surface area contributed by atoms with Crippen molar-refractivity contribution in [1.29, 1.82) is 0 Å². The van der Waals surface area contributed by atoms with E-state index in [2.05, 4.69) is 0 Å². The summed E-state index contributed by atoms with van der Waals surface area (Å²) in [6, 6.07) is 12.8. The van der Waals surface area contributed by atoms with Gasteiger partial charge in [-0.25, -0.2) is 0 Å². The molecule has 0 heterocycles. The van der Waals surface area contributed by atoms with E-state index in [1.807, 2.05) is 27.7 Å². The van der Waals surface area contributed by atoms with Gasteiger partial charge in [0.25, 0.3) is 0 Å². The van der Waals surface area contributed by atoms with Crippen LogP contribution >= 0.6 is 0 Å². The summed E-state index contributed by atoms with van der Waals surface area (Å²) in [6.45, 7) is 7.43. The predicted molar refractivity (Wildman–Crippen MR) is 163 cm³/mol. The quantitative estimate of drug-likeness (QED) is 0.256. The second-order valence-corrected chi connectivity index (χ2v) is 10.7. The second kappa shape index (κ2) is 9.91. The summed E-state index contributed by atoms with van der Waals surface area (Å²) >= 11 is 0. The Kier molecular flexibility index (Phi) is 6.45. The third-order valence-electron chi connectivity index (χ3n) is 8.79. The zero-order valence-electron chi connectivity index (χ0n) is 24.0. The summed E-state index contributed by atoms with van der Waals surface area (Å²) in [7, 11) is 0.